The molecule has 1 unspecified atom stereocenters. The van der Waals surface area contributed by atoms with E-state index in [1.165, 1.54) is 5.56 Å². The quantitative estimate of drug-likeness (QED) is 0.791. The minimum atomic E-state index is -0.473. The summed E-state index contributed by atoms with van der Waals surface area (Å²) in [6, 6.07) is 7.42. The van der Waals surface area contributed by atoms with E-state index in [1.54, 1.807) is 4.90 Å². The average molecular weight is 234 g/mol. The molecule has 0 aromatic heterocycles. The molecule has 1 fully saturated rings. The Bertz CT molecular complexity index is 389. The van der Waals surface area contributed by atoms with E-state index in [9.17, 15) is 9.90 Å². The van der Waals surface area contributed by atoms with Crippen LogP contribution in [0.4, 0.5) is 5.69 Å². The maximum atomic E-state index is 12.2. The van der Waals surface area contributed by atoms with Crippen LogP contribution in [0, 0.1) is 6.92 Å². The first-order chi connectivity index (χ1) is 8.22. The lowest BCUT2D eigenvalue weighted by Crippen LogP contribution is -2.45. The molecule has 1 aliphatic rings. The minimum Gasteiger partial charge on any atom is -0.394 e. The molecule has 1 saturated heterocycles. The zero-order valence-electron chi connectivity index (χ0n) is 10.0. The highest BCUT2D eigenvalue weighted by atomic mass is 16.3. The zero-order valence-corrected chi connectivity index (χ0v) is 10.0. The highest BCUT2D eigenvalue weighted by Gasteiger charge is 2.26. The lowest BCUT2D eigenvalue weighted by molar-refractivity contribution is -0.121. The summed E-state index contributed by atoms with van der Waals surface area (Å²) < 4.78 is 0. The molecule has 0 saturated carbocycles. The van der Waals surface area contributed by atoms with E-state index in [0.29, 0.717) is 6.54 Å². The number of hydrogen-bond acceptors (Lipinski definition) is 3. The number of carbonyl (C=O) groups is 1. The molecule has 1 aromatic carbocycles. The van der Waals surface area contributed by atoms with Crippen molar-refractivity contribution in [3.05, 3.63) is 29.8 Å². The van der Waals surface area contributed by atoms with Gasteiger partial charge in [0.05, 0.1) is 6.61 Å². The van der Waals surface area contributed by atoms with Gasteiger partial charge in [-0.1, -0.05) is 17.7 Å². The van der Waals surface area contributed by atoms with Gasteiger partial charge in [0.1, 0.15) is 6.04 Å². The fourth-order valence-corrected chi connectivity index (χ4v) is 2.02. The number of amides is 1. The molecule has 0 aliphatic carbocycles. The van der Waals surface area contributed by atoms with Crippen molar-refractivity contribution < 1.29 is 9.90 Å². The van der Waals surface area contributed by atoms with Crippen LogP contribution in [-0.2, 0) is 4.79 Å². The predicted molar refractivity (Wildman–Crippen MR) is 67.0 cm³/mol. The summed E-state index contributed by atoms with van der Waals surface area (Å²) in [6.45, 7) is 3.33. The third kappa shape index (κ3) is 2.65. The normalized spacial score (nSPS) is 21.4. The van der Waals surface area contributed by atoms with Crippen LogP contribution in [-0.4, -0.2) is 36.8 Å². The molecule has 4 heteroatoms. The van der Waals surface area contributed by atoms with Gasteiger partial charge in [-0.2, -0.15) is 0 Å². The lowest BCUT2D eigenvalue weighted by atomic mass is 10.2. The van der Waals surface area contributed by atoms with Crippen molar-refractivity contribution in [2.24, 2.45) is 0 Å². The van der Waals surface area contributed by atoms with Gasteiger partial charge >= 0.3 is 0 Å². The molecule has 0 bridgehead atoms. The van der Waals surface area contributed by atoms with Crippen molar-refractivity contribution in [2.75, 3.05) is 24.6 Å². The van der Waals surface area contributed by atoms with Crippen molar-refractivity contribution in [1.29, 1.82) is 0 Å². The Labute approximate surface area is 101 Å². The number of aliphatic hydroxyl groups excluding tert-OH is 1. The Morgan fingerprint density at radius 3 is 2.76 bits per heavy atom. The first-order valence-corrected chi connectivity index (χ1v) is 5.94. The number of aliphatic hydroxyl groups is 1. The number of carbonyl (C=O) groups excluding carboxylic acids is 1. The minimum absolute atomic E-state index is 0.0474. The van der Waals surface area contributed by atoms with E-state index < -0.39 is 6.04 Å². The second-order valence-electron chi connectivity index (χ2n) is 4.37. The van der Waals surface area contributed by atoms with Gasteiger partial charge in [0.15, 0.2) is 0 Å². The number of nitrogens with one attached hydrogen (secondary N) is 1. The summed E-state index contributed by atoms with van der Waals surface area (Å²) in [5.74, 6) is -0.0474. The van der Waals surface area contributed by atoms with Gasteiger partial charge in [-0.25, -0.2) is 0 Å². The van der Waals surface area contributed by atoms with Gasteiger partial charge in [-0.05, 0) is 32.0 Å². The van der Waals surface area contributed by atoms with E-state index in [2.05, 4.69) is 5.32 Å². The van der Waals surface area contributed by atoms with Crippen LogP contribution in [0.15, 0.2) is 24.3 Å². The maximum absolute atomic E-state index is 12.2. The number of aryl methyl sites for hydroxylation is 1. The van der Waals surface area contributed by atoms with Crippen molar-refractivity contribution >= 4 is 11.6 Å². The van der Waals surface area contributed by atoms with E-state index in [0.717, 1.165) is 18.7 Å². The third-order valence-electron chi connectivity index (χ3n) is 3.04. The van der Waals surface area contributed by atoms with Crippen LogP contribution >= 0.6 is 0 Å². The molecule has 0 radical (unpaired) electrons. The molecule has 1 aliphatic heterocycles. The Kier molecular flexibility index (Phi) is 3.76. The molecule has 2 N–H and O–H groups in total. The van der Waals surface area contributed by atoms with Crippen molar-refractivity contribution in [2.45, 2.75) is 19.4 Å². The van der Waals surface area contributed by atoms with Gasteiger partial charge in [-0.3, -0.25) is 4.79 Å². The van der Waals surface area contributed by atoms with Gasteiger partial charge in [0, 0.05) is 12.2 Å². The highest BCUT2D eigenvalue weighted by molar-refractivity contribution is 5.97. The number of nitrogens with zero attached hydrogens (tertiary/aromatic N) is 1. The second-order valence-corrected chi connectivity index (χ2v) is 4.37. The summed E-state index contributed by atoms with van der Waals surface area (Å²) in [5.41, 5.74) is 2.08. The van der Waals surface area contributed by atoms with Crippen molar-refractivity contribution in [3.8, 4) is 0 Å². The SMILES string of the molecule is Cc1ccc(N2CCCNC(CO)C2=O)cc1. The first-order valence-electron chi connectivity index (χ1n) is 5.94. The van der Waals surface area contributed by atoms with Crippen molar-refractivity contribution in [1.82, 2.24) is 5.32 Å². The van der Waals surface area contributed by atoms with E-state index in [4.69, 9.17) is 0 Å². The van der Waals surface area contributed by atoms with E-state index in [1.807, 2.05) is 31.2 Å². The molecular formula is C13H18N2O2. The number of hydrogen-bond donors (Lipinski definition) is 2. The smallest absolute Gasteiger partial charge is 0.246 e. The highest BCUT2D eigenvalue weighted by Crippen LogP contribution is 2.17. The van der Waals surface area contributed by atoms with Crippen LogP contribution < -0.4 is 10.2 Å². The molecule has 1 amide bonds. The molecule has 4 nitrogen and oxygen atoms in total. The maximum Gasteiger partial charge on any atom is 0.246 e. The van der Waals surface area contributed by atoms with Gasteiger partial charge in [0.2, 0.25) is 5.91 Å². The molecule has 1 heterocycles. The summed E-state index contributed by atoms with van der Waals surface area (Å²) in [5, 5.41) is 12.2. The molecule has 92 valence electrons. The van der Waals surface area contributed by atoms with Crippen LogP contribution in [0.1, 0.15) is 12.0 Å². The Morgan fingerprint density at radius 1 is 1.41 bits per heavy atom. The van der Waals surface area contributed by atoms with Crippen LogP contribution in [0.3, 0.4) is 0 Å². The van der Waals surface area contributed by atoms with Gasteiger partial charge in [-0.15, -0.1) is 0 Å². The topological polar surface area (TPSA) is 52.6 Å². The molecular weight excluding hydrogens is 216 g/mol. The monoisotopic (exact) mass is 234 g/mol. The Balaban J connectivity index is 2.23. The van der Waals surface area contributed by atoms with Crippen molar-refractivity contribution in [3.63, 3.8) is 0 Å². The number of anilines is 1. The van der Waals surface area contributed by atoms with Crippen LogP contribution in [0.5, 0.6) is 0 Å². The number of benzene rings is 1. The van der Waals surface area contributed by atoms with E-state index in [-0.39, 0.29) is 12.5 Å². The molecule has 1 aromatic rings. The fraction of sp³-hybridized carbons (Fsp3) is 0.462. The molecule has 17 heavy (non-hydrogen) atoms. The van der Waals surface area contributed by atoms with Gasteiger partial charge < -0.3 is 15.3 Å². The average Bonchev–Trinajstić information content (AvgIpc) is 2.52. The summed E-state index contributed by atoms with van der Waals surface area (Å²) in [4.78, 5) is 13.9. The fourth-order valence-electron chi connectivity index (χ4n) is 2.02. The summed E-state index contributed by atoms with van der Waals surface area (Å²) in [7, 11) is 0. The standard InChI is InChI=1S/C13H18N2O2/c1-10-3-5-11(6-4-10)15-8-2-7-14-12(9-16)13(15)17/h3-6,12,14,16H,2,7-9H2,1H3. The lowest BCUT2D eigenvalue weighted by Gasteiger charge is -2.23. The Morgan fingerprint density at radius 2 is 2.12 bits per heavy atom. The van der Waals surface area contributed by atoms with Gasteiger partial charge in [0.25, 0.3) is 0 Å². The molecule has 2 rings (SSSR count). The summed E-state index contributed by atoms with van der Waals surface area (Å²) >= 11 is 0. The summed E-state index contributed by atoms with van der Waals surface area (Å²) in [6.07, 6.45) is 0.899. The Hall–Kier alpha value is -1.39. The van der Waals surface area contributed by atoms with E-state index >= 15 is 0 Å². The zero-order chi connectivity index (χ0) is 12.3. The van der Waals surface area contributed by atoms with Crippen LogP contribution in [0.2, 0.25) is 0 Å². The second kappa shape index (κ2) is 5.29. The molecule has 1 atom stereocenters. The molecule has 0 spiro atoms. The number of rotatable bonds is 2. The predicted octanol–water partition coefficient (Wildman–Crippen LogP) is 0.682. The first kappa shape index (κ1) is 12.1. The third-order valence-corrected chi connectivity index (χ3v) is 3.04. The largest absolute Gasteiger partial charge is 0.394 e. The van der Waals surface area contributed by atoms with Crippen LogP contribution in [0.25, 0.3) is 0 Å².